The van der Waals surface area contributed by atoms with E-state index in [1.54, 1.807) is 36.4 Å². The molecule has 4 nitrogen and oxygen atoms in total. The molecule has 7 heteroatoms. The van der Waals surface area contributed by atoms with Gasteiger partial charge in [0, 0.05) is 18.2 Å². The SMILES string of the molecule is O=C(NCCc1ccc(Cl)c(Cl)c1)c1ccc(Oc2cc3c(cc2Cl)CCCO3)cc1. The van der Waals surface area contributed by atoms with Crippen LogP contribution in [-0.2, 0) is 12.8 Å². The first-order valence-electron chi connectivity index (χ1n) is 9.95. The minimum Gasteiger partial charge on any atom is -0.493 e. The molecule has 1 N–H and O–H groups in total. The van der Waals surface area contributed by atoms with Gasteiger partial charge in [-0.25, -0.2) is 0 Å². The van der Waals surface area contributed by atoms with Crippen LogP contribution in [0, 0.1) is 0 Å². The van der Waals surface area contributed by atoms with Crippen LogP contribution >= 0.6 is 34.8 Å². The summed E-state index contributed by atoms with van der Waals surface area (Å²) in [6, 6.07) is 16.1. The maximum atomic E-state index is 12.4. The first kappa shape index (κ1) is 21.8. The van der Waals surface area contributed by atoms with Crippen LogP contribution in [0.5, 0.6) is 17.2 Å². The Kier molecular flexibility index (Phi) is 6.91. The number of carbonyl (C=O) groups is 1. The number of aryl methyl sites for hydroxylation is 1. The van der Waals surface area contributed by atoms with Crippen molar-refractivity contribution in [3.05, 3.63) is 86.4 Å². The van der Waals surface area contributed by atoms with Crippen molar-refractivity contribution in [1.82, 2.24) is 5.32 Å². The van der Waals surface area contributed by atoms with E-state index in [4.69, 9.17) is 44.3 Å². The second kappa shape index (κ2) is 9.82. The van der Waals surface area contributed by atoms with Gasteiger partial charge in [0.15, 0.2) is 0 Å². The summed E-state index contributed by atoms with van der Waals surface area (Å²) in [5.74, 6) is 1.77. The molecule has 0 unspecified atom stereocenters. The van der Waals surface area contributed by atoms with Crippen molar-refractivity contribution in [3.63, 3.8) is 0 Å². The molecule has 0 atom stereocenters. The van der Waals surface area contributed by atoms with Gasteiger partial charge in [-0.3, -0.25) is 4.79 Å². The average Bonchev–Trinajstić information content (AvgIpc) is 2.77. The molecule has 31 heavy (non-hydrogen) atoms. The van der Waals surface area contributed by atoms with E-state index in [1.165, 1.54) is 0 Å². The zero-order valence-corrected chi connectivity index (χ0v) is 18.9. The smallest absolute Gasteiger partial charge is 0.251 e. The Balaban J connectivity index is 1.34. The molecule has 0 saturated carbocycles. The number of carbonyl (C=O) groups excluding carboxylic acids is 1. The van der Waals surface area contributed by atoms with Crippen LogP contribution in [0.1, 0.15) is 27.9 Å². The van der Waals surface area contributed by atoms with Gasteiger partial charge in [-0.1, -0.05) is 40.9 Å². The Labute approximate surface area is 196 Å². The first-order valence-corrected chi connectivity index (χ1v) is 11.1. The lowest BCUT2D eigenvalue weighted by Crippen LogP contribution is -2.25. The largest absolute Gasteiger partial charge is 0.493 e. The standard InChI is InChI=1S/C24H20Cl3NO3/c25-19-8-3-15(12-20(19)26)9-10-28-24(29)16-4-6-18(7-5-16)31-23-14-22-17(13-21(23)27)2-1-11-30-22/h3-8,12-14H,1-2,9-11H2,(H,28,29). The summed E-state index contributed by atoms with van der Waals surface area (Å²) in [7, 11) is 0. The van der Waals surface area contributed by atoms with Crippen LogP contribution in [0.2, 0.25) is 15.1 Å². The van der Waals surface area contributed by atoms with E-state index in [2.05, 4.69) is 5.32 Å². The van der Waals surface area contributed by atoms with Crippen LogP contribution in [0.25, 0.3) is 0 Å². The van der Waals surface area contributed by atoms with E-state index >= 15 is 0 Å². The molecule has 3 aromatic carbocycles. The van der Waals surface area contributed by atoms with Crippen molar-refractivity contribution in [2.75, 3.05) is 13.2 Å². The molecule has 0 saturated heterocycles. The number of fused-ring (bicyclic) bond motifs is 1. The zero-order valence-electron chi connectivity index (χ0n) is 16.6. The van der Waals surface area contributed by atoms with Crippen LogP contribution in [0.3, 0.4) is 0 Å². The number of hydrogen-bond donors (Lipinski definition) is 1. The van der Waals surface area contributed by atoms with Crippen molar-refractivity contribution in [1.29, 1.82) is 0 Å². The molecule has 3 aromatic rings. The Bertz CT molecular complexity index is 1100. The zero-order chi connectivity index (χ0) is 21.8. The van der Waals surface area contributed by atoms with Gasteiger partial charge in [0.2, 0.25) is 0 Å². The predicted octanol–water partition coefficient (Wildman–Crippen LogP) is 6.74. The normalized spacial score (nSPS) is 12.6. The van der Waals surface area contributed by atoms with Crippen molar-refractivity contribution >= 4 is 40.7 Å². The fraction of sp³-hybridized carbons (Fsp3) is 0.208. The van der Waals surface area contributed by atoms with E-state index in [0.717, 1.165) is 29.7 Å². The van der Waals surface area contributed by atoms with Gasteiger partial charge in [0.1, 0.15) is 17.2 Å². The highest BCUT2D eigenvalue weighted by Gasteiger charge is 2.15. The fourth-order valence-corrected chi connectivity index (χ4v) is 3.89. The Morgan fingerprint density at radius 1 is 0.968 bits per heavy atom. The molecule has 0 spiro atoms. The third kappa shape index (κ3) is 5.45. The number of halogens is 3. The molecule has 4 rings (SSSR count). The monoisotopic (exact) mass is 475 g/mol. The maximum absolute atomic E-state index is 12.4. The number of benzene rings is 3. The summed E-state index contributed by atoms with van der Waals surface area (Å²) in [5.41, 5.74) is 2.64. The van der Waals surface area contributed by atoms with E-state index < -0.39 is 0 Å². The van der Waals surface area contributed by atoms with E-state index in [1.807, 2.05) is 18.2 Å². The molecular formula is C24H20Cl3NO3. The lowest BCUT2D eigenvalue weighted by Gasteiger charge is -2.19. The molecule has 1 amide bonds. The van der Waals surface area contributed by atoms with Gasteiger partial charge in [0.25, 0.3) is 5.91 Å². The number of rotatable bonds is 6. The highest BCUT2D eigenvalue weighted by atomic mass is 35.5. The van der Waals surface area contributed by atoms with Gasteiger partial charge in [-0.15, -0.1) is 0 Å². The van der Waals surface area contributed by atoms with Crippen molar-refractivity contribution in [2.45, 2.75) is 19.3 Å². The van der Waals surface area contributed by atoms with Gasteiger partial charge in [-0.05, 0) is 72.9 Å². The number of ether oxygens (including phenoxy) is 2. The topological polar surface area (TPSA) is 47.6 Å². The van der Waals surface area contributed by atoms with Crippen LogP contribution < -0.4 is 14.8 Å². The number of hydrogen-bond acceptors (Lipinski definition) is 3. The van der Waals surface area contributed by atoms with E-state index in [-0.39, 0.29) is 5.91 Å². The van der Waals surface area contributed by atoms with Crippen LogP contribution in [-0.4, -0.2) is 19.1 Å². The minimum absolute atomic E-state index is 0.160. The first-order chi connectivity index (χ1) is 15.0. The van der Waals surface area contributed by atoms with E-state index in [9.17, 15) is 4.79 Å². The van der Waals surface area contributed by atoms with Crippen molar-refractivity contribution < 1.29 is 14.3 Å². The summed E-state index contributed by atoms with van der Waals surface area (Å²) in [6.07, 6.45) is 2.59. The van der Waals surface area contributed by atoms with Gasteiger partial charge >= 0.3 is 0 Å². The molecule has 1 heterocycles. The van der Waals surface area contributed by atoms with Gasteiger partial charge in [0.05, 0.1) is 21.7 Å². The third-order valence-electron chi connectivity index (χ3n) is 4.99. The van der Waals surface area contributed by atoms with Crippen molar-refractivity contribution in [2.24, 2.45) is 0 Å². The Morgan fingerprint density at radius 3 is 2.55 bits per heavy atom. The second-order valence-electron chi connectivity index (χ2n) is 7.22. The number of nitrogens with one attached hydrogen (secondary N) is 1. The fourth-order valence-electron chi connectivity index (χ4n) is 3.35. The summed E-state index contributed by atoms with van der Waals surface area (Å²) in [5, 5.41) is 4.46. The second-order valence-corrected chi connectivity index (χ2v) is 8.44. The predicted molar refractivity (Wildman–Crippen MR) is 124 cm³/mol. The summed E-state index contributed by atoms with van der Waals surface area (Å²) in [6.45, 7) is 1.18. The van der Waals surface area contributed by atoms with Crippen LogP contribution in [0.4, 0.5) is 0 Å². The molecule has 1 aliphatic heterocycles. The summed E-state index contributed by atoms with van der Waals surface area (Å²) < 4.78 is 11.6. The third-order valence-corrected chi connectivity index (χ3v) is 6.02. The minimum atomic E-state index is -0.160. The van der Waals surface area contributed by atoms with E-state index in [0.29, 0.717) is 51.7 Å². The molecule has 0 fully saturated rings. The summed E-state index contributed by atoms with van der Waals surface area (Å²) >= 11 is 18.3. The maximum Gasteiger partial charge on any atom is 0.251 e. The summed E-state index contributed by atoms with van der Waals surface area (Å²) in [4.78, 5) is 12.4. The lowest BCUT2D eigenvalue weighted by atomic mass is 10.1. The van der Waals surface area contributed by atoms with Gasteiger partial charge < -0.3 is 14.8 Å². The Hall–Kier alpha value is -2.40. The average molecular weight is 477 g/mol. The highest BCUT2D eigenvalue weighted by Crippen LogP contribution is 2.37. The van der Waals surface area contributed by atoms with Gasteiger partial charge in [-0.2, -0.15) is 0 Å². The highest BCUT2D eigenvalue weighted by molar-refractivity contribution is 6.42. The molecule has 160 valence electrons. The lowest BCUT2D eigenvalue weighted by molar-refractivity contribution is 0.0954. The quantitative estimate of drug-likeness (QED) is 0.429. The van der Waals surface area contributed by atoms with Crippen molar-refractivity contribution in [3.8, 4) is 17.2 Å². The molecule has 0 bridgehead atoms. The molecule has 0 aromatic heterocycles. The molecule has 0 aliphatic carbocycles. The molecular weight excluding hydrogens is 457 g/mol. The molecule has 1 aliphatic rings. The van der Waals surface area contributed by atoms with Crippen LogP contribution in [0.15, 0.2) is 54.6 Å². The molecule has 0 radical (unpaired) electrons. The Morgan fingerprint density at radius 2 is 1.77 bits per heavy atom. The number of amides is 1.